The Hall–Kier alpha value is -2.73. The van der Waals surface area contributed by atoms with Crippen molar-refractivity contribution in [1.29, 1.82) is 0 Å². The molecular weight excluding hydrogens is 306 g/mol. The van der Waals surface area contributed by atoms with Gasteiger partial charge in [-0.1, -0.05) is 17.7 Å². The van der Waals surface area contributed by atoms with Crippen LogP contribution in [0.4, 0.5) is 5.69 Å². The van der Waals surface area contributed by atoms with Gasteiger partial charge in [0, 0.05) is 11.3 Å². The second-order valence-electron chi connectivity index (χ2n) is 5.34. The number of methoxy groups -OCH3 is 2. The minimum absolute atomic E-state index is 0.105. The average molecular weight is 329 g/mol. The Labute approximate surface area is 141 Å². The van der Waals surface area contributed by atoms with E-state index in [1.54, 1.807) is 32.4 Å². The van der Waals surface area contributed by atoms with Crippen molar-refractivity contribution in [2.24, 2.45) is 10.7 Å². The first kappa shape index (κ1) is 17.6. The molecule has 24 heavy (non-hydrogen) atoms. The van der Waals surface area contributed by atoms with Crippen molar-refractivity contribution in [3.05, 3.63) is 53.6 Å². The molecule has 2 rings (SSSR count). The zero-order valence-corrected chi connectivity index (χ0v) is 14.1. The molecule has 2 aromatic carbocycles. The molecule has 0 saturated heterocycles. The number of aryl methyl sites for hydroxylation is 1. The molecule has 0 bridgehead atoms. The van der Waals surface area contributed by atoms with Crippen LogP contribution in [0.2, 0.25) is 0 Å². The Morgan fingerprint density at radius 2 is 1.88 bits per heavy atom. The number of aliphatic hydroxyl groups is 1. The maximum atomic E-state index is 10.4. The van der Waals surface area contributed by atoms with Crippen LogP contribution in [-0.2, 0) is 0 Å². The van der Waals surface area contributed by atoms with Crippen molar-refractivity contribution < 1.29 is 14.6 Å². The van der Waals surface area contributed by atoms with E-state index >= 15 is 0 Å². The lowest BCUT2D eigenvalue weighted by atomic mass is 10.1. The fourth-order valence-electron chi connectivity index (χ4n) is 2.21. The number of nitrogens with one attached hydrogen (secondary N) is 1. The van der Waals surface area contributed by atoms with E-state index in [0.29, 0.717) is 17.1 Å². The van der Waals surface area contributed by atoms with Gasteiger partial charge in [0.25, 0.3) is 0 Å². The van der Waals surface area contributed by atoms with E-state index in [9.17, 15) is 5.11 Å². The monoisotopic (exact) mass is 329 g/mol. The minimum atomic E-state index is -0.853. The molecule has 0 heterocycles. The maximum absolute atomic E-state index is 10.4. The highest BCUT2D eigenvalue weighted by atomic mass is 16.5. The van der Waals surface area contributed by atoms with Gasteiger partial charge in [-0.15, -0.1) is 0 Å². The molecule has 0 aliphatic carbocycles. The van der Waals surface area contributed by atoms with Gasteiger partial charge in [0.1, 0.15) is 17.6 Å². The second-order valence-corrected chi connectivity index (χ2v) is 5.34. The van der Waals surface area contributed by atoms with Gasteiger partial charge in [-0.2, -0.15) is 0 Å². The van der Waals surface area contributed by atoms with Crippen LogP contribution in [0.25, 0.3) is 0 Å². The van der Waals surface area contributed by atoms with Crippen molar-refractivity contribution in [3.8, 4) is 11.5 Å². The molecule has 0 spiro atoms. The van der Waals surface area contributed by atoms with Crippen LogP contribution in [-0.4, -0.2) is 31.8 Å². The summed E-state index contributed by atoms with van der Waals surface area (Å²) >= 11 is 0. The summed E-state index contributed by atoms with van der Waals surface area (Å²) in [7, 11) is 3.12. The Morgan fingerprint density at radius 3 is 2.50 bits per heavy atom. The first-order valence-electron chi connectivity index (χ1n) is 7.57. The number of nitrogens with zero attached hydrogens (tertiary/aromatic N) is 1. The van der Waals surface area contributed by atoms with Gasteiger partial charge in [-0.3, -0.25) is 4.99 Å². The topological polar surface area (TPSA) is 89.1 Å². The molecule has 6 nitrogen and oxygen atoms in total. The number of hydrogen-bond acceptors (Lipinski definition) is 4. The van der Waals surface area contributed by atoms with E-state index in [4.69, 9.17) is 15.2 Å². The standard InChI is InChI=1S/C18H23N3O3/c1-12-4-6-13(7-5-12)21-18(19)20-11-16(22)15-10-14(23-2)8-9-17(15)24-3/h4-10,16,22H,11H2,1-3H3,(H3,19,20,21). The molecule has 1 atom stereocenters. The SMILES string of the molecule is COc1ccc(OC)c(C(O)CN=C(N)Nc2ccc(C)cc2)c1. The molecule has 6 heteroatoms. The third-order valence-corrected chi connectivity index (χ3v) is 3.55. The van der Waals surface area contributed by atoms with Crippen molar-refractivity contribution in [3.63, 3.8) is 0 Å². The zero-order chi connectivity index (χ0) is 17.5. The third kappa shape index (κ3) is 4.63. The van der Waals surface area contributed by atoms with E-state index in [2.05, 4.69) is 10.3 Å². The van der Waals surface area contributed by atoms with Crippen molar-refractivity contribution in [1.82, 2.24) is 0 Å². The Morgan fingerprint density at radius 1 is 1.17 bits per heavy atom. The lowest BCUT2D eigenvalue weighted by Crippen LogP contribution is -2.23. The summed E-state index contributed by atoms with van der Waals surface area (Å²) in [6, 6.07) is 13.0. The number of ether oxygens (including phenoxy) is 2. The zero-order valence-electron chi connectivity index (χ0n) is 14.1. The fourth-order valence-corrected chi connectivity index (χ4v) is 2.21. The molecule has 4 N–H and O–H groups in total. The largest absolute Gasteiger partial charge is 0.497 e. The highest BCUT2D eigenvalue weighted by Gasteiger charge is 2.14. The molecule has 128 valence electrons. The molecule has 0 aliphatic rings. The lowest BCUT2D eigenvalue weighted by molar-refractivity contribution is 0.182. The number of aliphatic imine (C=N–C) groups is 1. The Bertz CT molecular complexity index is 699. The average Bonchev–Trinajstić information content (AvgIpc) is 2.61. The smallest absolute Gasteiger partial charge is 0.193 e. The molecule has 0 aromatic heterocycles. The number of anilines is 1. The van der Waals surface area contributed by atoms with Gasteiger partial charge in [-0.05, 0) is 37.3 Å². The maximum Gasteiger partial charge on any atom is 0.193 e. The normalized spacial score (nSPS) is 12.6. The first-order valence-corrected chi connectivity index (χ1v) is 7.57. The fraction of sp³-hybridized carbons (Fsp3) is 0.278. The highest BCUT2D eigenvalue weighted by molar-refractivity contribution is 5.92. The van der Waals surface area contributed by atoms with Crippen LogP contribution in [0, 0.1) is 6.92 Å². The second kappa shape index (κ2) is 8.21. The molecule has 0 fully saturated rings. The van der Waals surface area contributed by atoms with E-state index in [-0.39, 0.29) is 12.5 Å². The third-order valence-electron chi connectivity index (χ3n) is 3.55. The number of rotatable bonds is 6. The van der Waals surface area contributed by atoms with E-state index in [0.717, 1.165) is 11.3 Å². The number of guanidine groups is 1. The Kier molecular flexibility index (Phi) is 6.03. The first-order chi connectivity index (χ1) is 11.5. The number of aliphatic hydroxyl groups excluding tert-OH is 1. The predicted molar refractivity (Wildman–Crippen MR) is 95.8 cm³/mol. The van der Waals surface area contributed by atoms with E-state index in [1.165, 1.54) is 0 Å². The highest BCUT2D eigenvalue weighted by Crippen LogP contribution is 2.29. The molecule has 0 aliphatic heterocycles. The van der Waals surface area contributed by atoms with Gasteiger partial charge >= 0.3 is 0 Å². The number of nitrogens with two attached hydrogens (primary N) is 1. The van der Waals surface area contributed by atoms with Crippen LogP contribution in [0.3, 0.4) is 0 Å². The van der Waals surface area contributed by atoms with Crippen molar-refractivity contribution >= 4 is 11.6 Å². The van der Waals surface area contributed by atoms with Gasteiger partial charge in [0.05, 0.1) is 20.8 Å². The molecular formula is C18H23N3O3. The van der Waals surface area contributed by atoms with Crippen LogP contribution < -0.4 is 20.5 Å². The van der Waals surface area contributed by atoms with E-state index < -0.39 is 6.10 Å². The van der Waals surface area contributed by atoms with E-state index in [1.807, 2.05) is 31.2 Å². The summed E-state index contributed by atoms with van der Waals surface area (Å²) in [6.45, 7) is 2.12. The van der Waals surface area contributed by atoms with Gasteiger partial charge in [0.15, 0.2) is 5.96 Å². The van der Waals surface area contributed by atoms with Crippen LogP contribution in [0.5, 0.6) is 11.5 Å². The molecule has 0 radical (unpaired) electrons. The molecule has 2 aromatic rings. The quantitative estimate of drug-likeness (QED) is 0.559. The van der Waals surface area contributed by atoms with Crippen molar-refractivity contribution in [2.45, 2.75) is 13.0 Å². The molecule has 1 unspecified atom stereocenters. The van der Waals surface area contributed by atoms with Crippen LogP contribution in [0.15, 0.2) is 47.5 Å². The summed E-state index contributed by atoms with van der Waals surface area (Å²) in [6.07, 6.45) is -0.853. The minimum Gasteiger partial charge on any atom is -0.497 e. The lowest BCUT2D eigenvalue weighted by Gasteiger charge is -2.15. The van der Waals surface area contributed by atoms with Crippen LogP contribution in [0.1, 0.15) is 17.2 Å². The summed E-state index contributed by atoms with van der Waals surface area (Å²) in [5.74, 6) is 1.45. The summed E-state index contributed by atoms with van der Waals surface area (Å²) in [5.41, 5.74) is 8.48. The van der Waals surface area contributed by atoms with Gasteiger partial charge < -0.3 is 25.6 Å². The molecule has 0 saturated carbocycles. The number of benzene rings is 2. The molecule has 0 amide bonds. The van der Waals surface area contributed by atoms with Gasteiger partial charge in [0.2, 0.25) is 0 Å². The summed E-state index contributed by atoms with van der Waals surface area (Å²) in [5, 5.41) is 13.4. The van der Waals surface area contributed by atoms with Crippen molar-refractivity contribution in [2.75, 3.05) is 26.1 Å². The van der Waals surface area contributed by atoms with Gasteiger partial charge in [-0.25, -0.2) is 0 Å². The summed E-state index contributed by atoms with van der Waals surface area (Å²) < 4.78 is 10.4. The predicted octanol–water partition coefficient (Wildman–Crippen LogP) is 2.47. The Balaban J connectivity index is 2.05. The number of hydrogen-bond donors (Lipinski definition) is 3. The summed E-state index contributed by atoms with van der Waals surface area (Å²) in [4.78, 5) is 4.19. The van der Waals surface area contributed by atoms with Crippen LogP contribution >= 0.6 is 0 Å².